The molecular formula is C25H23N5O. The molecule has 0 aliphatic heterocycles. The molecule has 1 amide bonds. The summed E-state index contributed by atoms with van der Waals surface area (Å²) >= 11 is 0. The van der Waals surface area contributed by atoms with Gasteiger partial charge in [-0.1, -0.05) is 36.9 Å². The number of anilines is 1. The molecule has 0 atom stereocenters. The summed E-state index contributed by atoms with van der Waals surface area (Å²) in [6.45, 7) is 6.72. The minimum absolute atomic E-state index is 0.106. The van der Waals surface area contributed by atoms with Crippen molar-refractivity contribution in [2.75, 3.05) is 18.9 Å². The van der Waals surface area contributed by atoms with Crippen molar-refractivity contribution in [3.05, 3.63) is 90.5 Å². The van der Waals surface area contributed by atoms with Gasteiger partial charge < -0.3 is 10.6 Å². The van der Waals surface area contributed by atoms with Crippen molar-refractivity contribution in [3.8, 4) is 11.3 Å². The van der Waals surface area contributed by atoms with Gasteiger partial charge in [-0.05, 0) is 47.0 Å². The number of carbonyl (C=O) groups is 1. The minimum atomic E-state index is -0.106. The van der Waals surface area contributed by atoms with Crippen LogP contribution in [0.1, 0.15) is 21.6 Å². The molecule has 2 heterocycles. The Labute approximate surface area is 181 Å². The summed E-state index contributed by atoms with van der Waals surface area (Å²) in [5.41, 5.74) is 5.24. The Morgan fingerprint density at radius 2 is 1.71 bits per heavy atom. The molecule has 0 aliphatic carbocycles. The quantitative estimate of drug-likeness (QED) is 0.491. The standard InChI is InChI=1S/C25H23N5O/c1-16(19-6-4-8-21-20(19)7-5-9-22(21)25(31)26-3)13-28-24-12-23(29-15-30-24)18-11-10-17(2)27-14-18/h4-12,14-15H,1,13H2,2-3H3,(H,26,31)(H,28,29,30). The number of hydrogen-bond acceptors (Lipinski definition) is 5. The number of nitrogens with zero attached hydrogens (tertiary/aromatic N) is 3. The van der Waals surface area contributed by atoms with Crippen molar-refractivity contribution in [1.82, 2.24) is 20.3 Å². The molecule has 154 valence electrons. The van der Waals surface area contributed by atoms with Gasteiger partial charge in [-0.3, -0.25) is 9.78 Å². The molecule has 0 spiro atoms. The zero-order valence-electron chi connectivity index (χ0n) is 17.5. The van der Waals surface area contributed by atoms with Gasteiger partial charge in [-0.2, -0.15) is 0 Å². The summed E-state index contributed by atoms with van der Waals surface area (Å²) in [5.74, 6) is 0.601. The third-order valence-electron chi connectivity index (χ3n) is 5.13. The van der Waals surface area contributed by atoms with Gasteiger partial charge in [0.25, 0.3) is 5.91 Å². The molecular weight excluding hydrogens is 386 g/mol. The van der Waals surface area contributed by atoms with Crippen molar-refractivity contribution < 1.29 is 4.79 Å². The predicted molar refractivity (Wildman–Crippen MR) is 125 cm³/mol. The van der Waals surface area contributed by atoms with Gasteiger partial charge in [0.15, 0.2) is 0 Å². The number of nitrogens with one attached hydrogen (secondary N) is 2. The van der Waals surface area contributed by atoms with Crippen LogP contribution in [0, 0.1) is 6.92 Å². The summed E-state index contributed by atoms with van der Waals surface area (Å²) in [6, 6.07) is 17.5. The largest absolute Gasteiger partial charge is 0.366 e. The van der Waals surface area contributed by atoms with E-state index in [0.29, 0.717) is 17.9 Å². The monoisotopic (exact) mass is 409 g/mol. The molecule has 0 fully saturated rings. The van der Waals surface area contributed by atoms with Crippen LogP contribution in [0.2, 0.25) is 0 Å². The van der Waals surface area contributed by atoms with Crippen molar-refractivity contribution in [2.45, 2.75) is 6.92 Å². The van der Waals surface area contributed by atoms with E-state index in [2.05, 4.69) is 32.2 Å². The lowest BCUT2D eigenvalue weighted by atomic mass is 9.96. The van der Waals surface area contributed by atoms with E-state index >= 15 is 0 Å². The maximum Gasteiger partial charge on any atom is 0.251 e. The number of benzene rings is 2. The van der Waals surface area contributed by atoms with Crippen molar-refractivity contribution in [1.29, 1.82) is 0 Å². The predicted octanol–water partition coefficient (Wildman–Crippen LogP) is 4.49. The Morgan fingerprint density at radius 3 is 2.42 bits per heavy atom. The fraction of sp³-hybridized carbons (Fsp3) is 0.120. The van der Waals surface area contributed by atoms with E-state index in [4.69, 9.17) is 0 Å². The van der Waals surface area contributed by atoms with E-state index in [1.54, 1.807) is 13.2 Å². The third-order valence-corrected chi connectivity index (χ3v) is 5.13. The number of carbonyl (C=O) groups excluding carboxylic acids is 1. The van der Waals surface area contributed by atoms with Gasteiger partial charge in [0, 0.05) is 42.7 Å². The highest BCUT2D eigenvalue weighted by Crippen LogP contribution is 2.27. The average molecular weight is 409 g/mol. The first kappa shape index (κ1) is 20.2. The highest BCUT2D eigenvalue weighted by Gasteiger charge is 2.12. The Morgan fingerprint density at radius 1 is 0.968 bits per heavy atom. The highest BCUT2D eigenvalue weighted by molar-refractivity contribution is 6.09. The first-order valence-electron chi connectivity index (χ1n) is 9.97. The van der Waals surface area contributed by atoms with E-state index < -0.39 is 0 Å². The Hall–Kier alpha value is -4.06. The van der Waals surface area contributed by atoms with Crippen molar-refractivity contribution >= 4 is 28.1 Å². The van der Waals surface area contributed by atoms with Crippen LogP contribution in [0.25, 0.3) is 27.6 Å². The topological polar surface area (TPSA) is 79.8 Å². The van der Waals surface area contributed by atoms with Crippen LogP contribution in [0.4, 0.5) is 5.82 Å². The summed E-state index contributed by atoms with van der Waals surface area (Å²) in [5, 5.41) is 7.92. The molecule has 0 aliphatic rings. The van der Waals surface area contributed by atoms with Crippen LogP contribution >= 0.6 is 0 Å². The van der Waals surface area contributed by atoms with Gasteiger partial charge in [0.1, 0.15) is 12.1 Å². The van der Waals surface area contributed by atoms with Crippen molar-refractivity contribution in [3.63, 3.8) is 0 Å². The molecule has 6 heteroatoms. The van der Waals surface area contributed by atoms with Gasteiger partial charge in [-0.25, -0.2) is 9.97 Å². The Bertz CT molecular complexity index is 1260. The summed E-state index contributed by atoms with van der Waals surface area (Å²) in [4.78, 5) is 25.2. The lowest BCUT2D eigenvalue weighted by Gasteiger charge is -2.13. The lowest BCUT2D eigenvalue weighted by Crippen LogP contribution is -2.18. The number of hydrogen-bond donors (Lipinski definition) is 2. The second-order valence-corrected chi connectivity index (χ2v) is 7.22. The molecule has 31 heavy (non-hydrogen) atoms. The smallest absolute Gasteiger partial charge is 0.251 e. The number of aryl methyl sites for hydroxylation is 1. The molecule has 2 N–H and O–H groups in total. The summed E-state index contributed by atoms with van der Waals surface area (Å²) in [7, 11) is 1.64. The van der Waals surface area contributed by atoms with Crippen LogP contribution in [-0.2, 0) is 0 Å². The molecule has 0 radical (unpaired) electrons. The van der Waals surface area contributed by atoms with Crippen LogP contribution in [0.15, 0.2) is 73.7 Å². The molecule has 4 aromatic rings. The zero-order chi connectivity index (χ0) is 21.8. The van der Waals surface area contributed by atoms with Crippen LogP contribution < -0.4 is 10.6 Å². The number of pyridine rings is 1. The third kappa shape index (κ3) is 4.28. The van der Waals surface area contributed by atoms with E-state index in [1.165, 1.54) is 6.33 Å². The maximum atomic E-state index is 12.2. The molecule has 0 saturated heterocycles. The van der Waals surface area contributed by atoms with Crippen LogP contribution in [0.5, 0.6) is 0 Å². The molecule has 0 unspecified atom stereocenters. The van der Waals surface area contributed by atoms with Gasteiger partial charge in [-0.15, -0.1) is 0 Å². The summed E-state index contributed by atoms with van der Waals surface area (Å²) < 4.78 is 0. The fourth-order valence-corrected chi connectivity index (χ4v) is 3.47. The molecule has 0 bridgehead atoms. The zero-order valence-corrected chi connectivity index (χ0v) is 17.5. The molecule has 6 nitrogen and oxygen atoms in total. The molecule has 2 aromatic heterocycles. The van der Waals surface area contributed by atoms with E-state index in [0.717, 1.165) is 38.9 Å². The lowest BCUT2D eigenvalue weighted by molar-refractivity contribution is 0.0964. The SMILES string of the molecule is C=C(CNc1cc(-c2ccc(C)nc2)ncn1)c1cccc2c(C(=O)NC)cccc12. The fourth-order valence-electron chi connectivity index (χ4n) is 3.47. The van der Waals surface area contributed by atoms with Crippen LogP contribution in [0.3, 0.4) is 0 Å². The minimum Gasteiger partial charge on any atom is -0.366 e. The Kier molecular flexibility index (Phi) is 5.71. The molecule has 0 saturated carbocycles. The van der Waals surface area contributed by atoms with E-state index in [9.17, 15) is 4.79 Å². The Balaban J connectivity index is 1.56. The normalized spacial score (nSPS) is 10.6. The van der Waals surface area contributed by atoms with Crippen LogP contribution in [-0.4, -0.2) is 34.5 Å². The first-order valence-corrected chi connectivity index (χ1v) is 9.97. The molecule has 4 rings (SSSR count). The van der Waals surface area contributed by atoms with E-state index in [1.807, 2.05) is 61.5 Å². The van der Waals surface area contributed by atoms with Crippen molar-refractivity contribution in [2.24, 2.45) is 0 Å². The number of aromatic nitrogens is 3. The van der Waals surface area contributed by atoms with E-state index in [-0.39, 0.29) is 5.91 Å². The highest BCUT2D eigenvalue weighted by atomic mass is 16.1. The first-order chi connectivity index (χ1) is 15.1. The van der Waals surface area contributed by atoms with Gasteiger partial charge in [0.05, 0.1) is 5.69 Å². The second kappa shape index (κ2) is 8.75. The number of fused-ring (bicyclic) bond motifs is 1. The average Bonchev–Trinajstić information content (AvgIpc) is 2.82. The van der Waals surface area contributed by atoms with Gasteiger partial charge >= 0.3 is 0 Å². The van der Waals surface area contributed by atoms with Gasteiger partial charge in [0.2, 0.25) is 0 Å². The number of amides is 1. The molecule has 2 aromatic carbocycles. The second-order valence-electron chi connectivity index (χ2n) is 7.22. The maximum absolute atomic E-state index is 12.2. The number of rotatable bonds is 6. The summed E-state index contributed by atoms with van der Waals surface area (Å²) in [6.07, 6.45) is 3.34.